The summed E-state index contributed by atoms with van der Waals surface area (Å²) in [7, 11) is 1.82. The fraction of sp³-hybridized carbons (Fsp3) is 0.833. The van der Waals surface area contributed by atoms with Crippen molar-refractivity contribution in [2.24, 2.45) is 5.92 Å². The van der Waals surface area contributed by atoms with Crippen molar-refractivity contribution in [3.8, 4) is 0 Å². The van der Waals surface area contributed by atoms with Crippen LogP contribution in [-0.2, 0) is 4.79 Å². The zero-order valence-electron chi connectivity index (χ0n) is 10.6. The molecule has 1 fully saturated rings. The summed E-state index contributed by atoms with van der Waals surface area (Å²) in [5.74, 6) is -0.424. The molecule has 5 heteroatoms. The van der Waals surface area contributed by atoms with Crippen LogP contribution in [0.4, 0.5) is 4.79 Å². The minimum Gasteiger partial charge on any atom is -0.481 e. The number of urea groups is 1. The normalized spacial score (nSPS) is 16.4. The Hall–Kier alpha value is -1.26. The van der Waals surface area contributed by atoms with E-state index in [1.165, 1.54) is 0 Å². The van der Waals surface area contributed by atoms with E-state index in [1.54, 1.807) is 4.90 Å². The molecule has 0 aromatic heterocycles. The SMILES string of the molecule is CC(CCNC(=O)N(C)C1CC1)CCC(=O)O. The third-order valence-electron chi connectivity index (χ3n) is 3.18. The lowest BCUT2D eigenvalue weighted by molar-refractivity contribution is -0.137. The Morgan fingerprint density at radius 1 is 1.41 bits per heavy atom. The second-order valence-corrected chi connectivity index (χ2v) is 4.90. The van der Waals surface area contributed by atoms with E-state index in [-0.39, 0.29) is 12.5 Å². The molecule has 1 atom stereocenters. The van der Waals surface area contributed by atoms with Crippen LogP contribution in [0, 0.1) is 5.92 Å². The molecule has 0 aromatic rings. The van der Waals surface area contributed by atoms with Crippen LogP contribution in [0.2, 0.25) is 0 Å². The molecule has 1 aliphatic rings. The van der Waals surface area contributed by atoms with Gasteiger partial charge in [0.05, 0.1) is 0 Å². The molecule has 1 saturated carbocycles. The van der Waals surface area contributed by atoms with Crippen molar-refractivity contribution in [1.29, 1.82) is 0 Å². The van der Waals surface area contributed by atoms with E-state index in [9.17, 15) is 9.59 Å². The predicted molar refractivity (Wildman–Crippen MR) is 64.8 cm³/mol. The Morgan fingerprint density at radius 3 is 2.59 bits per heavy atom. The highest BCUT2D eigenvalue weighted by Crippen LogP contribution is 2.25. The second-order valence-electron chi connectivity index (χ2n) is 4.90. The summed E-state index contributed by atoms with van der Waals surface area (Å²) >= 11 is 0. The summed E-state index contributed by atoms with van der Waals surface area (Å²) in [5.41, 5.74) is 0. The predicted octanol–water partition coefficient (Wildman–Crippen LogP) is 1.68. The van der Waals surface area contributed by atoms with Crippen LogP contribution < -0.4 is 5.32 Å². The summed E-state index contributed by atoms with van der Waals surface area (Å²) in [6.07, 6.45) is 3.93. The van der Waals surface area contributed by atoms with Crippen molar-refractivity contribution in [2.45, 2.75) is 45.1 Å². The van der Waals surface area contributed by atoms with Gasteiger partial charge in [-0.25, -0.2) is 4.79 Å². The molecule has 2 amide bonds. The first kappa shape index (κ1) is 13.8. The molecular weight excluding hydrogens is 220 g/mol. The molecule has 98 valence electrons. The maximum absolute atomic E-state index is 11.6. The number of rotatable bonds is 7. The minimum absolute atomic E-state index is 0.0158. The van der Waals surface area contributed by atoms with E-state index in [0.717, 1.165) is 19.3 Å². The van der Waals surface area contributed by atoms with Crippen LogP contribution in [-0.4, -0.2) is 41.6 Å². The molecule has 2 N–H and O–H groups in total. The van der Waals surface area contributed by atoms with Gasteiger partial charge in [-0.15, -0.1) is 0 Å². The molecule has 5 nitrogen and oxygen atoms in total. The highest BCUT2D eigenvalue weighted by molar-refractivity contribution is 5.74. The van der Waals surface area contributed by atoms with Crippen LogP contribution in [0.25, 0.3) is 0 Å². The Labute approximate surface area is 102 Å². The van der Waals surface area contributed by atoms with Gasteiger partial charge in [0, 0.05) is 26.1 Å². The van der Waals surface area contributed by atoms with Gasteiger partial charge in [-0.3, -0.25) is 4.79 Å². The third-order valence-corrected chi connectivity index (χ3v) is 3.18. The maximum Gasteiger partial charge on any atom is 0.317 e. The fourth-order valence-corrected chi connectivity index (χ4v) is 1.69. The summed E-state index contributed by atoms with van der Waals surface area (Å²) in [6, 6.07) is 0.414. The standard InChI is InChI=1S/C12H22N2O3/c1-9(3-6-11(15)16)7-8-13-12(17)14(2)10-4-5-10/h9-10H,3-8H2,1-2H3,(H,13,17)(H,15,16). The number of carboxylic acid groups (broad SMARTS) is 1. The second kappa shape index (κ2) is 6.47. The zero-order chi connectivity index (χ0) is 12.8. The van der Waals surface area contributed by atoms with Gasteiger partial charge in [0.2, 0.25) is 0 Å². The van der Waals surface area contributed by atoms with Gasteiger partial charge in [-0.1, -0.05) is 6.92 Å². The molecule has 0 aliphatic heterocycles. The van der Waals surface area contributed by atoms with Crippen LogP contribution in [0.15, 0.2) is 0 Å². The molecule has 1 rings (SSSR count). The van der Waals surface area contributed by atoms with Gasteiger partial charge >= 0.3 is 12.0 Å². The Kier molecular flexibility index (Phi) is 5.25. The van der Waals surface area contributed by atoms with E-state index in [0.29, 0.717) is 24.9 Å². The van der Waals surface area contributed by atoms with E-state index in [2.05, 4.69) is 5.32 Å². The molecular formula is C12H22N2O3. The smallest absolute Gasteiger partial charge is 0.317 e. The van der Waals surface area contributed by atoms with Gasteiger partial charge in [0.1, 0.15) is 0 Å². The Morgan fingerprint density at radius 2 is 2.06 bits per heavy atom. The van der Waals surface area contributed by atoms with Crippen molar-refractivity contribution in [2.75, 3.05) is 13.6 Å². The molecule has 0 saturated heterocycles. The molecule has 0 radical (unpaired) electrons. The van der Waals surface area contributed by atoms with Crippen LogP contribution in [0.5, 0.6) is 0 Å². The largest absolute Gasteiger partial charge is 0.481 e. The molecule has 0 spiro atoms. The first-order chi connectivity index (χ1) is 8.00. The molecule has 17 heavy (non-hydrogen) atoms. The van der Waals surface area contributed by atoms with Gasteiger partial charge < -0.3 is 15.3 Å². The number of nitrogens with zero attached hydrogens (tertiary/aromatic N) is 1. The van der Waals surface area contributed by atoms with Crippen LogP contribution in [0.1, 0.15) is 39.0 Å². The van der Waals surface area contributed by atoms with E-state index in [4.69, 9.17) is 5.11 Å². The third kappa shape index (κ3) is 5.56. The first-order valence-electron chi connectivity index (χ1n) is 6.23. The number of nitrogens with one attached hydrogen (secondary N) is 1. The van der Waals surface area contributed by atoms with E-state index in [1.807, 2.05) is 14.0 Å². The lowest BCUT2D eigenvalue weighted by Crippen LogP contribution is -2.39. The number of amides is 2. The average Bonchev–Trinajstić information content (AvgIpc) is 3.08. The van der Waals surface area contributed by atoms with Gasteiger partial charge in [-0.05, 0) is 31.6 Å². The molecule has 1 unspecified atom stereocenters. The number of hydrogen-bond acceptors (Lipinski definition) is 2. The zero-order valence-corrected chi connectivity index (χ0v) is 10.6. The summed E-state index contributed by atoms with van der Waals surface area (Å²) < 4.78 is 0. The highest BCUT2D eigenvalue weighted by atomic mass is 16.4. The van der Waals surface area contributed by atoms with Gasteiger partial charge in [0.15, 0.2) is 0 Å². The number of carboxylic acids is 1. The number of carbonyl (C=O) groups is 2. The topological polar surface area (TPSA) is 69.6 Å². The number of aliphatic carboxylic acids is 1. The summed E-state index contributed by atoms with van der Waals surface area (Å²) in [4.78, 5) is 23.7. The molecule has 1 aliphatic carbocycles. The molecule has 0 bridgehead atoms. The summed E-state index contributed by atoms with van der Waals surface area (Å²) in [6.45, 7) is 2.64. The fourth-order valence-electron chi connectivity index (χ4n) is 1.69. The van der Waals surface area contributed by atoms with Crippen molar-refractivity contribution < 1.29 is 14.7 Å². The van der Waals surface area contributed by atoms with Crippen molar-refractivity contribution in [3.63, 3.8) is 0 Å². The van der Waals surface area contributed by atoms with Crippen molar-refractivity contribution in [3.05, 3.63) is 0 Å². The number of hydrogen-bond donors (Lipinski definition) is 2. The van der Waals surface area contributed by atoms with E-state index >= 15 is 0 Å². The van der Waals surface area contributed by atoms with Gasteiger partial charge in [-0.2, -0.15) is 0 Å². The van der Waals surface area contributed by atoms with Crippen LogP contribution in [0.3, 0.4) is 0 Å². The minimum atomic E-state index is -0.755. The first-order valence-corrected chi connectivity index (χ1v) is 6.23. The summed E-state index contributed by atoms with van der Waals surface area (Å²) in [5, 5.41) is 11.4. The maximum atomic E-state index is 11.6. The Balaban J connectivity index is 2.05. The molecule has 0 aromatic carbocycles. The number of carbonyl (C=O) groups excluding carboxylic acids is 1. The lowest BCUT2D eigenvalue weighted by atomic mass is 10.0. The molecule has 0 heterocycles. The highest BCUT2D eigenvalue weighted by Gasteiger charge is 2.29. The van der Waals surface area contributed by atoms with Crippen molar-refractivity contribution in [1.82, 2.24) is 10.2 Å². The van der Waals surface area contributed by atoms with E-state index < -0.39 is 5.97 Å². The van der Waals surface area contributed by atoms with Gasteiger partial charge in [0.25, 0.3) is 0 Å². The lowest BCUT2D eigenvalue weighted by Gasteiger charge is -2.18. The van der Waals surface area contributed by atoms with Crippen molar-refractivity contribution >= 4 is 12.0 Å². The Bertz CT molecular complexity index is 277. The average molecular weight is 242 g/mol. The quantitative estimate of drug-likeness (QED) is 0.713. The monoisotopic (exact) mass is 242 g/mol. The van der Waals surface area contributed by atoms with Crippen LogP contribution >= 0.6 is 0 Å².